The zero-order chi connectivity index (χ0) is 29.2. The van der Waals surface area contributed by atoms with Crippen LogP contribution in [0.1, 0.15) is 31.2 Å². The van der Waals surface area contributed by atoms with Crippen molar-refractivity contribution in [3.63, 3.8) is 0 Å². The monoisotopic (exact) mass is 583 g/mol. The van der Waals surface area contributed by atoms with Crippen LogP contribution in [0.3, 0.4) is 0 Å². The van der Waals surface area contributed by atoms with Gasteiger partial charge >= 0.3 is 0 Å². The fourth-order valence-corrected chi connectivity index (χ4v) is 6.33. The van der Waals surface area contributed by atoms with E-state index in [-0.39, 0.29) is 11.5 Å². The fraction of sp³-hybridized carbons (Fsp3) is 0.281. The van der Waals surface area contributed by atoms with Gasteiger partial charge in [0.15, 0.2) is 10.7 Å². The molecule has 0 bridgehead atoms. The van der Waals surface area contributed by atoms with E-state index < -0.39 is 6.04 Å². The predicted molar refractivity (Wildman–Crippen MR) is 165 cm³/mol. The van der Waals surface area contributed by atoms with Crippen LogP contribution in [0.25, 0.3) is 6.08 Å². The fourth-order valence-electron chi connectivity index (χ4n) is 5.31. The van der Waals surface area contributed by atoms with Crippen molar-refractivity contribution in [2.75, 3.05) is 50.1 Å². The van der Waals surface area contributed by atoms with E-state index in [9.17, 15) is 9.59 Å². The van der Waals surface area contributed by atoms with E-state index in [0.29, 0.717) is 38.7 Å². The van der Waals surface area contributed by atoms with Gasteiger partial charge in [0.05, 0.1) is 28.5 Å². The van der Waals surface area contributed by atoms with Crippen molar-refractivity contribution in [1.29, 1.82) is 0 Å². The van der Waals surface area contributed by atoms with Crippen LogP contribution in [0.5, 0.6) is 5.75 Å². The minimum absolute atomic E-state index is 0.229. The Morgan fingerprint density at radius 3 is 2.52 bits per heavy atom. The molecule has 2 aromatic heterocycles. The van der Waals surface area contributed by atoms with Crippen LogP contribution in [0, 0.1) is 0 Å². The maximum atomic E-state index is 14.0. The summed E-state index contributed by atoms with van der Waals surface area (Å²) in [6.07, 6.45) is 1.77. The summed E-state index contributed by atoms with van der Waals surface area (Å²) in [4.78, 5) is 37.5. The van der Waals surface area contributed by atoms with Crippen LogP contribution >= 0.6 is 11.3 Å². The summed E-state index contributed by atoms with van der Waals surface area (Å²) in [7, 11) is 2.11. The Balaban J connectivity index is 1.40. The third-order valence-corrected chi connectivity index (χ3v) is 8.49. The molecule has 0 saturated carbocycles. The number of piperazine rings is 1. The van der Waals surface area contributed by atoms with Gasteiger partial charge in [0.25, 0.3) is 11.5 Å². The Morgan fingerprint density at radius 2 is 1.81 bits per heavy atom. The van der Waals surface area contributed by atoms with Crippen molar-refractivity contribution in [3.05, 3.63) is 109 Å². The second-order valence-corrected chi connectivity index (χ2v) is 11.4. The highest BCUT2D eigenvalue weighted by molar-refractivity contribution is 7.07. The zero-order valence-electron chi connectivity index (χ0n) is 23.9. The Kier molecular flexibility index (Phi) is 7.82. The molecule has 216 valence electrons. The maximum absolute atomic E-state index is 14.0. The van der Waals surface area contributed by atoms with Gasteiger partial charge in [0.2, 0.25) is 0 Å². The van der Waals surface area contributed by atoms with E-state index in [1.54, 1.807) is 10.6 Å². The topological polar surface area (TPSA) is 92.3 Å². The van der Waals surface area contributed by atoms with Gasteiger partial charge in [-0.2, -0.15) is 0 Å². The molecule has 6 rings (SSSR count). The molecule has 0 radical (unpaired) electrons. The first-order chi connectivity index (χ1) is 20.4. The highest BCUT2D eigenvalue weighted by Gasteiger charge is 2.32. The van der Waals surface area contributed by atoms with E-state index in [4.69, 9.17) is 14.1 Å². The first-order valence-electron chi connectivity index (χ1n) is 14.1. The number of anilines is 2. The quantitative estimate of drug-likeness (QED) is 0.358. The molecular formula is C32H33N5O4S. The molecule has 1 fully saturated rings. The van der Waals surface area contributed by atoms with E-state index in [2.05, 4.69) is 22.2 Å². The van der Waals surface area contributed by atoms with E-state index >= 15 is 0 Å². The molecule has 2 aromatic carbocycles. The lowest BCUT2D eigenvalue weighted by Crippen LogP contribution is -2.44. The zero-order valence-corrected chi connectivity index (χ0v) is 24.7. The van der Waals surface area contributed by atoms with Crippen LogP contribution in [-0.4, -0.2) is 55.2 Å². The molecule has 1 atom stereocenters. The van der Waals surface area contributed by atoms with Gasteiger partial charge in [-0.05, 0) is 56.8 Å². The van der Waals surface area contributed by atoms with Gasteiger partial charge in [-0.3, -0.25) is 14.2 Å². The highest BCUT2D eigenvalue weighted by Crippen LogP contribution is 2.32. The molecule has 1 amide bonds. The average molecular weight is 584 g/mol. The minimum atomic E-state index is -0.666. The van der Waals surface area contributed by atoms with Crippen molar-refractivity contribution in [2.24, 2.45) is 4.99 Å². The first-order valence-corrected chi connectivity index (χ1v) is 14.9. The molecule has 42 heavy (non-hydrogen) atoms. The minimum Gasteiger partial charge on any atom is -0.494 e. The molecule has 1 saturated heterocycles. The number of ether oxygens (including phenoxy) is 1. The predicted octanol–water partition coefficient (Wildman–Crippen LogP) is 3.62. The number of nitrogens with zero attached hydrogens (tertiary/aromatic N) is 4. The van der Waals surface area contributed by atoms with Crippen molar-refractivity contribution in [2.45, 2.75) is 19.9 Å². The van der Waals surface area contributed by atoms with Gasteiger partial charge in [-0.25, -0.2) is 4.99 Å². The van der Waals surface area contributed by atoms with Gasteiger partial charge in [0.1, 0.15) is 11.5 Å². The van der Waals surface area contributed by atoms with E-state index in [1.807, 2.05) is 80.6 Å². The molecule has 10 heteroatoms. The number of allylic oxidation sites excluding steroid dienone is 1. The standard InChI is InChI=1S/C32H33N5O4S/c1-4-40-24-12-10-22(11-13-24)29-28(30(38)34-23-8-6-5-7-9-23)21(2)33-32-37(29)31(39)26(42-32)20-25-14-15-27(41-25)36-18-16-35(3)17-19-36/h5-15,20,29H,4,16-19H2,1-3H3,(H,34,38)/b26-20+/t29-/m1/s1. The van der Waals surface area contributed by atoms with Gasteiger partial charge in [0, 0.05) is 44.0 Å². The Hall–Kier alpha value is -4.41. The number of likely N-dealkylation sites (N-methyl/N-ethyl adjacent to an activating group) is 1. The molecule has 9 nitrogen and oxygen atoms in total. The lowest BCUT2D eigenvalue weighted by molar-refractivity contribution is -0.113. The van der Waals surface area contributed by atoms with E-state index in [1.165, 1.54) is 11.3 Å². The lowest BCUT2D eigenvalue weighted by atomic mass is 9.95. The van der Waals surface area contributed by atoms with Crippen molar-refractivity contribution >= 4 is 34.9 Å². The number of carbonyl (C=O) groups is 1. The molecule has 0 spiro atoms. The van der Waals surface area contributed by atoms with Gasteiger partial charge in [-0.1, -0.05) is 41.7 Å². The molecule has 2 aliphatic rings. The summed E-state index contributed by atoms with van der Waals surface area (Å²) in [6, 6.07) is 20.0. The number of para-hydroxylation sites is 1. The number of thiazole rings is 1. The molecule has 4 aromatic rings. The van der Waals surface area contributed by atoms with Crippen LogP contribution in [0.2, 0.25) is 0 Å². The number of hydrogen-bond donors (Lipinski definition) is 1. The summed E-state index contributed by atoms with van der Waals surface area (Å²) in [5.41, 5.74) is 2.20. The third kappa shape index (κ3) is 5.55. The average Bonchev–Trinajstić information content (AvgIpc) is 3.58. The van der Waals surface area contributed by atoms with Crippen LogP contribution in [-0.2, 0) is 4.79 Å². The number of furan rings is 1. The highest BCUT2D eigenvalue weighted by atomic mass is 32.1. The molecular weight excluding hydrogens is 550 g/mol. The normalized spacial score (nSPS) is 17.6. The largest absolute Gasteiger partial charge is 0.494 e. The number of rotatable bonds is 7. The number of benzene rings is 2. The van der Waals surface area contributed by atoms with Crippen molar-refractivity contribution in [3.8, 4) is 5.75 Å². The number of carbonyl (C=O) groups excluding carboxylic acids is 1. The maximum Gasteiger partial charge on any atom is 0.271 e. The SMILES string of the molecule is CCOc1ccc([C@@H]2C(C(=O)Nc3ccccc3)=C(C)N=c3s/c(=C/c4ccc(N5CCN(C)CC5)o4)c(=O)n32)cc1. The lowest BCUT2D eigenvalue weighted by Gasteiger charge is -2.32. The first kappa shape index (κ1) is 27.7. The molecule has 1 N–H and O–H groups in total. The van der Waals surface area contributed by atoms with Crippen LogP contribution < -0.4 is 29.8 Å². The number of nitrogens with one attached hydrogen (secondary N) is 1. The molecule has 2 aliphatic heterocycles. The van der Waals surface area contributed by atoms with Crippen LogP contribution in [0.4, 0.5) is 11.6 Å². The van der Waals surface area contributed by atoms with Gasteiger partial charge in [-0.15, -0.1) is 0 Å². The van der Waals surface area contributed by atoms with Gasteiger partial charge < -0.3 is 24.3 Å². The smallest absolute Gasteiger partial charge is 0.271 e. The summed E-state index contributed by atoms with van der Waals surface area (Å²) in [5.74, 6) is 1.81. The number of fused-ring (bicyclic) bond motifs is 1. The number of amides is 1. The second kappa shape index (κ2) is 11.8. The molecule has 0 unspecified atom stereocenters. The molecule has 0 aliphatic carbocycles. The van der Waals surface area contributed by atoms with E-state index in [0.717, 1.165) is 43.4 Å². The molecule has 4 heterocycles. The number of aromatic nitrogens is 1. The summed E-state index contributed by atoms with van der Waals surface area (Å²) in [6.45, 7) is 8.01. The third-order valence-electron chi connectivity index (χ3n) is 7.51. The Morgan fingerprint density at radius 1 is 1.07 bits per heavy atom. The van der Waals surface area contributed by atoms with Crippen molar-refractivity contribution < 1.29 is 13.9 Å². The van der Waals surface area contributed by atoms with Crippen molar-refractivity contribution in [1.82, 2.24) is 9.47 Å². The summed E-state index contributed by atoms with van der Waals surface area (Å²) >= 11 is 1.29. The Labute approximate surface area is 247 Å². The summed E-state index contributed by atoms with van der Waals surface area (Å²) < 4.78 is 13.9. The Bertz CT molecular complexity index is 1800. The second-order valence-electron chi connectivity index (χ2n) is 10.4. The summed E-state index contributed by atoms with van der Waals surface area (Å²) in [5, 5.41) is 2.98. The van der Waals surface area contributed by atoms with Crippen LogP contribution in [0.15, 0.2) is 92.2 Å². The number of hydrogen-bond acceptors (Lipinski definition) is 8.